The van der Waals surface area contributed by atoms with E-state index in [9.17, 15) is 25.0 Å². The fourth-order valence-electron chi connectivity index (χ4n) is 1.78. The van der Waals surface area contributed by atoms with E-state index in [4.69, 9.17) is 4.74 Å². The number of nitro groups is 2. The van der Waals surface area contributed by atoms with Gasteiger partial charge in [-0.3, -0.25) is 35.9 Å². The first kappa shape index (κ1) is 17.5. The first-order valence-corrected chi connectivity index (χ1v) is 6.87. The van der Waals surface area contributed by atoms with Gasteiger partial charge in [0.05, 0.1) is 16.5 Å². The second-order valence-electron chi connectivity index (χ2n) is 4.45. The van der Waals surface area contributed by atoms with Crippen LogP contribution in [-0.4, -0.2) is 32.3 Å². The number of anilines is 1. The Kier molecular flexibility index (Phi) is 5.35. The molecule has 0 bridgehead atoms. The molecule has 2 rings (SSSR count). The topological polar surface area (TPSA) is 162 Å². The number of benzene rings is 1. The highest BCUT2D eigenvalue weighted by atomic mass is 16.6. The van der Waals surface area contributed by atoms with Crippen molar-refractivity contribution in [3.63, 3.8) is 0 Å². The third kappa shape index (κ3) is 4.13. The Morgan fingerprint density at radius 1 is 1.16 bits per heavy atom. The molecule has 0 radical (unpaired) electrons. The number of hydrogen-bond donors (Lipinski definition) is 2. The molecule has 0 unspecified atom stereocenters. The molecule has 0 aliphatic rings. The lowest BCUT2D eigenvalue weighted by molar-refractivity contribution is -0.385. The fourth-order valence-corrected chi connectivity index (χ4v) is 1.78. The van der Waals surface area contributed by atoms with Gasteiger partial charge in [-0.15, -0.1) is 0 Å². The van der Waals surface area contributed by atoms with E-state index in [-0.39, 0.29) is 29.6 Å². The highest BCUT2D eigenvalue weighted by molar-refractivity contribution is 5.95. The van der Waals surface area contributed by atoms with E-state index in [1.54, 1.807) is 6.92 Å². The van der Waals surface area contributed by atoms with Gasteiger partial charge in [0.1, 0.15) is 6.33 Å². The maximum Gasteiger partial charge on any atom is 0.374 e. The Morgan fingerprint density at radius 3 is 2.40 bits per heavy atom. The molecule has 0 atom stereocenters. The summed E-state index contributed by atoms with van der Waals surface area (Å²) in [6, 6.07) is 4.81. The Hall–Kier alpha value is -3.83. The molecule has 2 aromatic rings. The summed E-state index contributed by atoms with van der Waals surface area (Å²) < 4.78 is 5.06. The van der Waals surface area contributed by atoms with E-state index in [1.807, 2.05) is 0 Å². The first-order valence-electron chi connectivity index (χ1n) is 6.87. The smallest absolute Gasteiger partial charge is 0.374 e. The Morgan fingerprint density at radius 2 is 1.84 bits per heavy atom. The lowest BCUT2D eigenvalue weighted by atomic mass is 10.2. The first-order chi connectivity index (χ1) is 11.9. The third-order valence-corrected chi connectivity index (χ3v) is 2.89. The van der Waals surface area contributed by atoms with E-state index in [1.165, 1.54) is 12.1 Å². The molecule has 130 valence electrons. The summed E-state index contributed by atoms with van der Waals surface area (Å²) in [5.74, 6) is -1.17. The summed E-state index contributed by atoms with van der Waals surface area (Å²) >= 11 is 0. The van der Waals surface area contributed by atoms with Crippen LogP contribution in [0.1, 0.15) is 17.3 Å². The molecule has 12 nitrogen and oxygen atoms in total. The SMILES string of the molecule is CCOc1ncnc(NNC(=O)c2ccc([N+](=O)[O-])cc2)c1[N+](=O)[O-]. The molecule has 0 saturated heterocycles. The lowest BCUT2D eigenvalue weighted by Gasteiger charge is -2.09. The maximum atomic E-state index is 12.0. The Bertz CT molecular complexity index is 809. The molecule has 1 heterocycles. The summed E-state index contributed by atoms with van der Waals surface area (Å²) in [5.41, 5.74) is 3.95. The van der Waals surface area contributed by atoms with Gasteiger partial charge in [-0.05, 0) is 19.1 Å². The highest BCUT2D eigenvalue weighted by Gasteiger charge is 2.24. The minimum Gasteiger partial charge on any atom is -0.473 e. The number of carbonyl (C=O) groups excluding carboxylic acids is 1. The van der Waals surface area contributed by atoms with Crippen LogP contribution < -0.4 is 15.6 Å². The predicted molar refractivity (Wildman–Crippen MR) is 84.0 cm³/mol. The summed E-state index contributed by atoms with van der Waals surface area (Å²) in [5, 5.41) is 21.7. The van der Waals surface area contributed by atoms with Crippen molar-refractivity contribution in [3.8, 4) is 5.88 Å². The van der Waals surface area contributed by atoms with Gasteiger partial charge < -0.3 is 4.74 Å². The normalized spacial score (nSPS) is 9.96. The number of nitro benzene ring substituents is 1. The van der Waals surface area contributed by atoms with Gasteiger partial charge >= 0.3 is 5.69 Å². The van der Waals surface area contributed by atoms with E-state index < -0.39 is 21.4 Å². The zero-order valence-corrected chi connectivity index (χ0v) is 12.8. The van der Waals surface area contributed by atoms with Gasteiger partial charge in [-0.25, -0.2) is 4.98 Å². The van der Waals surface area contributed by atoms with Crippen LogP contribution in [0.4, 0.5) is 17.2 Å². The fraction of sp³-hybridized carbons (Fsp3) is 0.154. The monoisotopic (exact) mass is 348 g/mol. The standard InChI is InChI=1S/C13H12N6O6/c1-2-25-13-10(19(23)24)11(14-7-15-13)16-17-12(20)8-3-5-9(6-4-8)18(21)22/h3-7H,2H2,1H3,(H,17,20)(H,14,15,16). The van der Waals surface area contributed by atoms with Crippen LogP contribution in [0.25, 0.3) is 0 Å². The minimum atomic E-state index is -0.745. The molecule has 0 spiro atoms. The van der Waals surface area contributed by atoms with E-state index >= 15 is 0 Å². The van der Waals surface area contributed by atoms with Crippen LogP contribution in [0.3, 0.4) is 0 Å². The Labute approximate surface area is 140 Å². The number of aromatic nitrogens is 2. The highest BCUT2D eigenvalue weighted by Crippen LogP contribution is 2.30. The number of non-ortho nitro benzene ring substituents is 1. The van der Waals surface area contributed by atoms with Gasteiger partial charge in [0, 0.05) is 17.7 Å². The molecule has 0 saturated carbocycles. The van der Waals surface area contributed by atoms with Gasteiger partial charge in [0.15, 0.2) is 0 Å². The minimum absolute atomic E-state index is 0.111. The Balaban J connectivity index is 2.15. The second-order valence-corrected chi connectivity index (χ2v) is 4.45. The average molecular weight is 348 g/mol. The van der Waals surface area contributed by atoms with Gasteiger partial charge in [0.25, 0.3) is 17.5 Å². The number of nitrogens with one attached hydrogen (secondary N) is 2. The van der Waals surface area contributed by atoms with Crippen molar-refractivity contribution in [2.75, 3.05) is 12.0 Å². The van der Waals surface area contributed by atoms with Crippen molar-refractivity contribution in [1.82, 2.24) is 15.4 Å². The molecule has 1 aromatic carbocycles. The zero-order chi connectivity index (χ0) is 18.4. The number of nitrogens with zero attached hydrogens (tertiary/aromatic N) is 4. The number of hydrogen-bond acceptors (Lipinski definition) is 9. The predicted octanol–water partition coefficient (Wildman–Crippen LogP) is 1.45. The summed E-state index contributed by atoms with van der Waals surface area (Å²) in [4.78, 5) is 39.8. The molecule has 1 aromatic heterocycles. The zero-order valence-electron chi connectivity index (χ0n) is 12.8. The summed E-state index contributed by atoms with van der Waals surface area (Å²) in [6.07, 6.45) is 1.04. The largest absolute Gasteiger partial charge is 0.473 e. The molecule has 0 fully saturated rings. The molecular formula is C13H12N6O6. The van der Waals surface area contributed by atoms with E-state index in [0.717, 1.165) is 18.5 Å². The molecular weight excluding hydrogens is 336 g/mol. The van der Waals surface area contributed by atoms with Crippen LogP contribution in [0.2, 0.25) is 0 Å². The van der Waals surface area contributed by atoms with Crippen molar-refractivity contribution >= 4 is 23.1 Å². The number of rotatable bonds is 7. The molecule has 25 heavy (non-hydrogen) atoms. The molecule has 12 heteroatoms. The van der Waals surface area contributed by atoms with Gasteiger partial charge in [-0.1, -0.05) is 0 Å². The van der Waals surface area contributed by atoms with Crippen molar-refractivity contribution in [2.24, 2.45) is 0 Å². The van der Waals surface area contributed by atoms with Crippen molar-refractivity contribution in [2.45, 2.75) is 6.92 Å². The van der Waals surface area contributed by atoms with Crippen LogP contribution in [-0.2, 0) is 0 Å². The number of carbonyl (C=O) groups is 1. The summed E-state index contributed by atoms with van der Waals surface area (Å²) in [7, 11) is 0. The second kappa shape index (κ2) is 7.63. The summed E-state index contributed by atoms with van der Waals surface area (Å²) in [6.45, 7) is 1.79. The number of ether oxygens (including phenoxy) is 1. The molecule has 0 aliphatic carbocycles. The van der Waals surface area contributed by atoms with Crippen LogP contribution in [0.15, 0.2) is 30.6 Å². The van der Waals surface area contributed by atoms with Gasteiger partial charge in [-0.2, -0.15) is 4.98 Å². The van der Waals surface area contributed by atoms with Crippen LogP contribution in [0, 0.1) is 20.2 Å². The van der Waals surface area contributed by atoms with Crippen LogP contribution >= 0.6 is 0 Å². The van der Waals surface area contributed by atoms with Crippen molar-refractivity contribution < 1.29 is 19.4 Å². The van der Waals surface area contributed by atoms with E-state index in [2.05, 4.69) is 20.8 Å². The average Bonchev–Trinajstić information content (AvgIpc) is 2.59. The molecule has 0 aliphatic heterocycles. The van der Waals surface area contributed by atoms with Crippen molar-refractivity contribution in [1.29, 1.82) is 0 Å². The number of amides is 1. The van der Waals surface area contributed by atoms with Gasteiger partial charge in [0.2, 0.25) is 5.82 Å². The number of hydrazine groups is 1. The lowest BCUT2D eigenvalue weighted by Crippen LogP contribution is -2.30. The van der Waals surface area contributed by atoms with Crippen molar-refractivity contribution in [3.05, 3.63) is 56.4 Å². The third-order valence-electron chi connectivity index (χ3n) is 2.89. The quantitative estimate of drug-likeness (QED) is 0.556. The van der Waals surface area contributed by atoms with E-state index in [0.29, 0.717) is 0 Å². The maximum absolute atomic E-state index is 12.0. The van der Waals surface area contributed by atoms with Crippen LogP contribution in [0.5, 0.6) is 5.88 Å². The molecule has 2 N–H and O–H groups in total. The molecule has 1 amide bonds.